The fraction of sp³-hybridized carbons (Fsp3) is 0.796. The van der Waals surface area contributed by atoms with Crippen LogP contribution in [0, 0.1) is 0 Å². The molecule has 360 valence electrons. The molecule has 62 heavy (non-hydrogen) atoms. The van der Waals surface area contributed by atoms with Crippen LogP contribution in [0.3, 0.4) is 0 Å². The highest BCUT2D eigenvalue weighted by Crippen LogP contribution is 2.17. The van der Waals surface area contributed by atoms with Crippen LogP contribution in [0.15, 0.2) is 48.6 Å². The van der Waals surface area contributed by atoms with Crippen LogP contribution in [-0.4, -0.2) is 80.6 Å². The molecule has 0 aliphatic carbocycles. The largest absolute Gasteiger partial charge is 0.477 e. The van der Waals surface area contributed by atoms with E-state index in [1.165, 1.54) is 128 Å². The predicted molar refractivity (Wildman–Crippen MR) is 261 cm³/mol. The van der Waals surface area contributed by atoms with Gasteiger partial charge in [-0.1, -0.05) is 223 Å². The van der Waals surface area contributed by atoms with Gasteiger partial charge >= 0.3 is 17.9 Å². The standard InChI is InChI=1S/C54H97NO7/c1-6-8-10-12-14-16-18-20-22-23-24-25-26-27-28-29-31-33-35-37-39-41-43-45-53(57)62-50(48-60-47-46-51(54(58)59)55(3,4)5)49-61-52(56)44-42-40-38-36-34-32-30-21-19-17-15-13-11-9-7-2/h9,11,13,15,17,19,21,30,50-51H,6-8,10,12,14,16,18,20,22-29,31-49H2,1-5H3/p+1/b11-9+,15-13+,19-17+,30-21+. The maximum absolute atomic E-state index is 12.8. The van der Waals surface area contributed by atoms with Crippen molar-refractivity contribution >= 4 is 17.9 Å². The van der Waals surface area contributed by atoms with Gasteiger partial charge in [-0.2, -0.15) is 0 Å². The molecule has 0 aromatic carbocycles. The summed E-state index contributed by atoms with van der Waals surface area (Å²) in [7, 11) is 5.53. The monoisotopic (exact) mass is 873 g/mol. The molecule has 0 bridgehead atoms. The Morgan fingerprint density at radius 3 is 1.34 bits per heavy atom. The Balaban J connectivity index is 4.20. The van der Waals surface area contributed by atoms with Crippen molar-refractivity contribution < 1.29 is 38.2 Å². The number of aliphatic carboxylic acids is 1. The quantitative estimate of drug-likeness (QED) is 0.0281. The lowest BCUT2D eigenvalue weighted by molar-refractivity contribution is -0.887. The van der Waals surface area contributed by atoms with Crippen molar-refractivity contribution in [2.75, 3.05) is 41.0 Å². The lowest BCUT2D eigenvalue weighted by atomic mass is 10.0. The van der Waals surface area contributed by atoms with E-state index in [-0.39, 0.29) is 36.2 Å². The Hall–Kier alpha value is -2.71. The highest BCUT2D eigenvalue weighted by atomic mass is 16.6. The van der Waals surface area contributed by atoms with Crippen molar-refractivity contribution in [3.63, 3.8) is 0 Å². The van der Waals surface area contributed by atoms with Crippen molar-refractivity contribution in [1.82, 2.24) is 0 Å². The van der Waals surface area contributed by atoms with Crippen molar-refractivity contribution in [3.05, 3.63) is 48.6 Å². The minimum Gasteiger partial charge on any atom is -0.477 e. The van der Waals surface area contributed by atoms with Crippen LogP contribution in [-0.2, 0) is 28.6 Å². The number of likely N-dealkylation sites (N-methyl/N-ethyl adjacent to an activating group) is 1. The van der Waals surface area contributed by atoms with Gasteiger partial charge in [-0.15, -0.1) is 0 Å². The topological polar surface area (TPSA) is 99.1 Å². The number of nitrogens with zero attached hydrogens (tertiary/aromatic N) is 1. The van der Waals surface area contributed by atoms with E-state index in [4.69, 9.17) is 14.2 Å². The SMILES string of the molecule is CC/C=C/C=C/C=C/C=C/CCCCCCCC(=O)OCC(COCCC(C(=O)O)[N+](C)(C)C)OC(=O)CCCCCCCCCCCCCCCCCCCCCCCCC. The molecule has 0 aliphatic rings. The van der Waals surface area contributed by atoms with Crippen molar-refractivity contribution in [2.24, 2.45) is 0 Å². The second kappa shape index (κ2) is 44.9. The zero-order valence-corrected chi connectivity index (χ0v) is 41.1. The summed E-state index contributed by atoms with van der Waals surface area (Å²) in [5.41, 5.74) is 0. The van der Waals surface area contributed by atoms with Gasteiger partial charge in [0.25, 0.3) is 0 Å². The Labute approximate surface area is 382 Å². The van der Waals surface area contributed by atoms with E-state index in [1.54, 1.807) is 0 Å². The number of ether oxygens (including phenoxy) is 3. The van der Waals surface area contributed by atoms with Crippen LogP contribution in [0.4, 0.5) is 0 Å². The maximum atomic E-state index is 12.8. The van der Waals surface area contributed by atoms with E-state index in [0.29, 0.717) is 19.3 Å². The summed E-state index contributed by atoms with van der Waals surface area (Å²) >= 11 is 0. The molecule has 0 aliphatic heterocycles. The smallest absolute Gasteiger partial charge is 0.362 e. The van der Waals surface area contributed by atoms with Crippen LogP contribution in [0.5, 0.6) is 0 Å². The predicted octanol–water partition coefficient (Wildman–Crippen LogP) is 14.8. The number of unbranched alkanes of at least 4 members (excludes halogenated alkanes) is 27. The molecule has 0 rings (SSSR count). The molecule has 2 unspecified atom stereocenters. The molecular formula is C54H98NO7+. The van der Waals surface area contributed by atoms with Gasteiger partial charge in [0.15, 0.2) is 12.1 Å². The van der Waals surface area contributed by atoms with Crippen molar-refractivity contribution in [1.29, 1.82) is 0 Å². The number of carboxylic acid groups (broad SMARTS) is 1. The summed E-state index contributed by atoms with van der Waals surface area (Å²) in [6.45, 7) is 4.60. The van der Waals surface area contributed by atoms with Gasteiger partial charge in [-0.3, -0.25) is 9.59 Å². The molecule has 8 heteroatoms. The van der Waals surface area contributed by atoms with E-state index in [9.17, 15) is 19.5 Å². The number of carbonyl (C=O) groups excluding carboxylic acids is 2. The van der Waals surface area contributed by atoms with Crippen LogP contribution < -0.4 is 0 Å². The first kappa shape index (κ1) is 59.3. The highest BCUT2D eigenvalue weighted by Gasteiger charge is 2.31. The molecule has 0 aromatic rings. The first-order chi connectivity index (χ1) is 30.1. The molecule has 0 aromatic heterocycles. The Bertz CT molecular complexity index is 1150. The molecule has 0 saturated carbocycles. The number of hydrogen-bond donors (Lipinski definition) is 1. The number of hydrogen-bond acceptors (Lipinski definition) is 6. The summed E-state index contributed by atoms with van der Waals surface area (Å²) in [6.07, 6.45) is 54.5. The van der Waals surface area contributed by atoms with Gasteiger partial charge in [0, 0.05) is 19.3 Å². The second-order valence-electron chi connectivity index (χ2n) is 18.5. The number of rotatable bonds is 46. The lowest BCUT2D eigenvalue weighted by Crippen LogP contribution is -2.50. The average Bonchev–Trinajstić information content (AvgIpc) is 3.23. The van der Waals surface area contributed by atoms with Gasteiger partial charge in [-0.25, -0.2) is 4.79 Å². The van der Waals surface area contributed by atoms with Gasteiger partial charge < -0.3 is 23.8 Å². The zero-order chi connectivity index (χ0) is 45.6. The minimum absolute atomic E-state index is 0.0547. The van der Waals surface area contributed by atoms with Crippen molar-refractivity contribution in [2.45, 2.75) is 238 Å². The third-order valence-corrected chi connectivity index (χ3v) is 11.6. The second-order valence-corrected chi connectivity index (χ2v) is 18.5. The van der Waals surface area contributed by atoms with Crippen molar-refractivity contribution in [3.8, 4) is 0 Å². The summed E-state index contributed by atoms with van der Waals surface area (Å²) in [5, 5.41) is 9.65. The molecule has 0 saturated heterocycles. The third-order valence-electron chi connectivity index (χ3n) is 11.6. The first-order valence-electron chi connectivity index (χ1n) is 25.7. The number of carboxylic acids is 1. The minimum atomic E-state index is -0.877. The Morgan fingerprint density at radius 2 is 0.903 bits per heavy atom. The number of quaternary nitrogens is 1. The summed E-state index contributed by atoms with van der Waals surface area (Å²) in [4.78, 5) is 37.1. The van der Waals surface area contributed by atoms with Crippen LogP contribution in [0.1, 0.15) is 226 Å². The van der Waals surface area contributed by atoms with E-state index in [0.717, 1.165) is 64.2 Å². The molecular weight excluding hydrogens is 775 g/mol. The van der Waals surface area contributed by atoms with E-state index >= 15 is 0 Å². The van der Waals surface area contributed by atoms with E-state index in [1.807, 2.05) is 45.4 Å². The molecule has 8 nitrogen and oxygen atoms in total. The van der Waals surface area contributed by atoms with Gasteiger partial charge in [0.05, 0.1) is 34.4 Å². The molecule has 2 atom stereocenters. The number of allylic oxidation sites excluding steroid dienone is 8. The molecule has 0 heterocycles. The van der Waals surface area contributed by atoms with Gasteiger partial charge in [-0.05, 0) is 32.1 Å². The van der Waals surface area contributed by atoms with Gasteiger partial charge in [0.2, 0.25) is 0 Å². The third kappa shape index (κ3) is 42.6. The normalized spacial score (nSPS) is 13.2. The Kier molecular flexibility index (Phi) is 42.9. The Morgan fingerprint density at radius 1 is 0.500 bits per heavy atom. The summed E-state index contributed by atoms with van der Waals surface area (Å²) < 4.78 is 17.3. The van der Waals surface area contributed by atoms with E-state index < -0.39 is 18.1 Å². The van der Waals surface area contributed by atoms with E-state index in [2.05, 4.69) is 38.2 Å². The maximum Gasteiger partial charge on any atom is 0.362 e. The molecule has 0 amide bonds. The molecule has 0 radical (unpaired) electrons. The number of carbonyl (C=O) groups is 3. The van der Waals surface area contributed by atoms with Gasteiger partial charge in [0.1, 0.15) is 6.61 Å². The average molecular weight is 873 g/mol. The molecule has 0 fully saturated rings. The lowest BCUT2D eigenvalue weighted by Gasteiger charge is -2.31. The van der Waals surface area contributed by atoms with Crippen LogP contribution in [0.2, 0.25) is 0 Å². The number of esters is 2. The fourth-order valence-corrected chi connectivity index (χ4v) is 7.63. The first-order valence-corrected chi connectivity index (χ1v) is 25.7. The zero-order valence-electron chi connectivity index (χ0n) is 41.1. The summed E-state index contributed by atoms with van der Waals surface area (Å²) in [6, 6.07) is -0.619. The summed E-state index contributed by atoms with van der Waals surface area (Å²) in [5.74, 6) is -1.49. The van der Waals surface area contributed by atoms with Crippen LogP contribution >= 0.6 is 0 Å². The molecule has 0 spiro atoms. The fourth-order valence-electron chi connectivity index (χ4n) is 7.63. The highest BCUT2D eigenvalue weighted by molar-refractivity contribution is 5.72. The van der Waals surface area contributed by atoms with Crippen LogP contribution in [0.25, 0.3) is 0 Å². The molecule has 1 N–H and O–H groups in total.